The van der Waals surface area contributed by atoms with Crippen LogP contribution in [0.3, 0.4) is 0 Å². The Bertz CT molecular complexity index is 273. The molecule has 0 saturated carbocycles. The van der Waals surface area contributed by atoms with Gasteiger partial charge in [-0.2, -0.15) is 0 Å². The third-order valence-corrected chi connectivity index (χ3v) is 4.71. The Labute approximate surface area is 88.9 Å². The molecule has 14 heavy (non-hydrogen) atoms. The first-order valence-corrected chi connectivity index (χ1v) is 8.81. The fourth-order valence-corrected chi connectivity index (χ4v) is 2.86. The van der Waals surface area contributed by atoms with Crippen LogP contribution in [0.2, 0.25) is 19.6 Å². The van der Waals surface area contributed by atoms with Gasteiger partial charge in [-0.1, -0.05) is 32.3 Å². The van der Waals surface area contributed by atoms with Crippen molar-refractivity contribution < 1.29 is 4.74 Å². The van der Waals surface area contributed by atoms with Crippen molar-refractivity contribution in [3.63, 3.8) is 0 Å². The molecule has 0 aromatic rings. The lowest BCUT2D eigenvalue weighted by molar-refractivity contribution is 0.0447. The number of rotatable bonds is 2. The van der Waals surface area contributed by atoms with Crippen LogP contribution in [-0.4, -0.2) is 13.7 Å². The second kappa shape index (κ2) is 3.57. The maximum absolute atomic E-state index is 6.12. The maximum atomic E-state index is 6.12. The maximum Gasteiger partial charge on any atom is 0.126 e. The van der Waals surface area contributed by atoms with E-state index >= 15 is 0 Å². The number of hydrogen-bond donors (Lipinski definition) is 0. The van der Waals surface area contributed by atoms with Gasteiger partial charge in [0.2, 0.25) is 0 Å². The molecule has 0 aliphatic carbocycles. The number of allylic oxidation sites excluding steroid dienone is 1. The van der Waals surface area contributed by atoms with Crippen LogP contribution in [0.15, 0.2) is 23.6 Å². The minimum absolute atomic E-state index is 0.121. The van der Waals surface area contributed by atoms with E-state index in [1.807, 2.05) is 0 Å². The first-order valence-electron chi connectivity index (χ1n) is 5.31. The summed E-state index contributed by atoms with van der Waals surface area (Å²) in [6.45, 7) is 15.2. The molecule has 0 aromatic heterocycles. The fraction of sp³-hybridized carbons (Fsp3) is 0.667. The molecule has 0 bridgehead atoms. The third kappa shape index (κ3) is 2.29. The molecule has 1 heterocycles. The van der Waals surface area contributed by atoms with Crippen molar-refractivity contribution in [2.45, 2.75) is 51.9 Å². The Hall–Kier alpha value is -0.503. The summed E-state index contributed by atoms with van der Waals surface area (Å²) in [5.41, 5.74) is 1.02. The molecule has 0 fully saturated rings. The van der Waals surface area contributed by atoms with E-state index in [9.17, 15) is 0 Å². The summed E-state index contributed by atoms with van der Waals surface area (Å²) < 4.78 is 6.12. The monoisotopic (exact) mass is 210 g/mol. The molecule has 2 heteroatoms. The largest absolute Gasteiger partial charge is 0.493 e. The Balaban J connectivity index is 2.87. The lowest BCUT2D eigenvalue weighted by Gasteiger charge is -2.39. The lowest BCUT2D eigenvalue weighted by Crippen LogP contribution is -2.38. The van der Waals surface area contributed by atoms with E-state index in [0.717, 1.165) is 18.4 Å². The standard InChI is InChI=1S/C12H22OSi/c1-10(2)12(3)9-7-8-11(13-12)14(4,5)6/h8H,1,7,9H2,2-6H3. The molecule has 1 nitrogen and oxygen atoms in total. The fourth-order valence-electron chi connectivity index (χ4n) is 1.57. The van der Waals surface area contributed by atoms with E-state index in [4.69, 9.17) is 4.74 Å². The number of ether oxygens (including phenoxy) is 1. The van der Waals surface area contributed by atoms with Crippen LogP contribution >= 0.6 is 0 Å². The lowest BCUT2D eigenvalue weighted by atomic mass is 9.91. The van der Waals surface area contributed by atoms with E-state index in [-0.39, 0.29) is 5.60 Å². The van der Waals surface area contributed by atoms with Crippen LogP contribution in [0.5, 0.6) is 0 Å². The molecule has 80 valence electrons. The first-order chi connectivity index (χ1) is 6.26. The van der Waals surface area contributed by atoms with Crippen LogP contribution in [0.4, 0.5) is 0 Å². The molecule has 1 unspecified atom stereocenters. The van der Waals surface area contributed by atoms with Gasteiger partial charge in [-0.25, -0.2) is 0 Å². The normalized spacial score (nSPS) is 27.9. The van der Waals surface area contributed by atoms with Crippen LogP contribution < -0.4 is 0 Å². The molecule has 0 saturated heterocycles. The summed E-state index contributed by atoms with van der Waals surface area (Å²) in [6.07, 6.45) is 4.47. The summed E-state index contributed by atoms with van der Waals surface area (Å²) in [6, 6.07) is 0. The predicted octanol–water partition coefficient (Wildman–Crippen LogP) is 3.89. The van der Waals surface area contributed by atoms with E-state index in [1.54, 1.807) is 0 Å². The van der Waals surface area contributed by atoms with Crippen LogP contribution in [-0.2, 0) is 4.74 Å². The minimum atomic E-state index is -1.29. The molecule has 1 atom stereocenters. The van der Waals surface area contributed by atoms with Gasteiger partial charge in [0.05, 0.1) is 5.38 Å². The Kier molecular flexibility index (Phi) is 2.95. The van der Waals surface area contributed by atoms with Gasteiger partial charge >= 0.3 is 0 Å². The molecule has 0 radical (unpaired) electrons. The van der Waals surface area contributed by atoms with Gasteiger partial charge < -0.3 is 4.74 Å². The predicted molar refractivity (Wildman–Crippen MR) is 65.0 cm³/mol. The summed E-state index contributed by atoms with van der Waals surface area (Å²) in [5, 5.41) is 1.24. The molecule has 1 rings (SSSR count). The van der Waals surface area contributed by atoms with E-state index in [2.05, 4.69) is 46.1 Å². The smallest absolute Gasteiger partial charge is 0.126 e. The molecule has 0 N–H and O–H groups in total. The summed E-state index contributed by atoms with van der Waals surface area (Å²) >= 11 is 0. The van der Waals surface area contributed by atoms with Crippen molar-refractivity contribution in [3.05, 3.63) is 23.6 Å². The second-order valence-corrected chi connectivity index (χ2v) is 10.5. The van der Waals surface area contributed by atoms with Gasteiger partial charge in [0.15, 0.2) is 0 Å². The van der Waals surface area contributed by atoms with E-state index < -0.39 is 8.07 Å². The van der Waals surface area contributed by atoms with Gasteiger partial charge in [0, 0.05) is 0 Å². The van der Waals surface area contributed by atoms with Gasteiger partial charge in [-0.3, -0.25) is 0 Å². The highest BCUT2D eigenvalue weighted by Gasteiger charge is 2.34. The Morgan fingerprint density at radius 1 is 1.50 bits per heavy atom. The summed E-state index contributed by atoms with van der Waals surface area (Å²) in [5.74, 6) is 0. The quantitative estimate of drug-likeness (QED) is 0.496. The summed E-state index contributed by atoms with van der Waals surface area (Å²) in [4.78, 5) is 0. The highest BCUT2D eigenvalue weighted by molar-refractivity contribution is 6.82. The van der Waals surface area contributed by atoms with Gasteiger partial charge in [0.1, 0.15) is 13.7 Å². The second-order valence-electron chi connectivity index (χ2n) is 5.47. The Morgan fingerprint density at radius 2 is 2.07 bits per heavy atom. The van der Waals surface area contributed by atoms with Gasteiger partial charge in [-0.15, -0.1) is 0 Å². The third-order valence-electron chi connectivity index (χ3n) is 2.93. The van der Waals surface area contributed by atoms with Crippen LogP contribution in [0.25, 0.3) is 0 Å². The Morgan fingerprint density at radius 3 is 2.50 bits per heavy atom. The molecular formula is C12H22OSi. The van der Waals surface area contributed by atoms with Gasteiger partial charge in [0.25, 0.3) is 0 Å². The topological polar surface area (TPSA) is 9.23 Å². The van der Waals surface area contributed by atoms with Crippen molar-refractivity contribution in [1.29, 1.82) is 0 Å². The van der Waals surface area contributed by atoms with Crippen LogP contribution in [0.1, 0.15) is 26.7 Å². The highest BCUT2D eigenvalue weighted by Crippen LogP contribution is 2.35. The van der Waals surface area contributed by atoms with Crippen molar-refractivity contribution >= 4 is 8.07 Å². The van der Waals surface area contributed by atoms with E-state index in [0.29, 0.717) is 0 Å². The molecule has 1 aliphatic rings. The zero-order valence-corrected chi connectivity index (χ0v) is 11.1. The number of hydrogen-bond acceptors (Lipinski definition) is 1. The SMILES string of the molecule is C=C(C)C1(C)CCC=C([Si](C)(C)C)O1. The molecule has 1 aliphatic heterocycles. The molecule has 0 amide bonds. The van der Waals surface area contributed by atoms with Gasteiger partial charge in [-0.05, 0) is 32.3 Å². The molecular weight excluding hydrogens is 188 g/mol. The van der Waals surface area contributed by atoms with Crippen LogP contribution in [0, 0.1) is 0 Å². The zero-order valence-electron chi connectivity index (χ0n) is 10.1. The average Bonchev–Trinajstić information content (AvgIpc) is 2.02. The van der Waals surface area contributed by atoms with E-state index in [1.165, 1.54) is 5.38 Å². The first kappa shape index (κ1) is 11.6. The highest BCUT2D eigenvalue weighted by atomic mass is 28.3. The van der Waals surface area contributed by atoms with Crippen molar-refractivity contribution in [3.8, 4) is 0 Å². The summed E-state index contributed by atoms with van der Waals surface area (Å²) in [7, 11) is -1.29. The van der Waals surface area contributed by atoms with Crippen molar-refractivity contribution in [1.82, 2.24) is 0 Å². The molecule has 0 aromatic carbocycles. The minimum Gasteiger partial charge on any atom is -0.493 e. The average molecular weight is 210 g/mol. The molecule has 0 spiro atoms. The van der Waals surface area contributed by atoms with Crippen molar-refractivity contribution in [2.24, 2.45) is 0 Å². The zero-order chi connectivity index (χ0) is 11.0. The van der Waals surface area contributed by atoms with Crippen molar-refractivity contribution in [2.75, 3.05) is 0 Å².